The van der Waals surface area contributed by atoms with Crippen molar-refractivity contribution in [2.75, 3.05) is 6.54 Å². The van der Waals surface area contributed by atoms with E-state index in [2.05, 4.69) is 0 Å². The van der Waals surface area contributed by atoms with E-state index in [0.717, 1.165) is 9.87 Å². The summed E-state index contributed by atoms with van der Waals surface area (Å²) in [6.07, 6.45) is -0.0526. The Hall–Kier alpha value is -3.45. The molecule has 0 fully saturated rings. The number of carboxylic acids is 1. The Bertz CT molecular complexity index is 1140. The summed E-state index contributed by atoms with van der Waals surface area (Å²) in [6, 6.07) is 22.9. The van der Waals surface area contributed by atoms with Crippen molar-refractivity contribution in [2.45, 2.75) is 24.2 Å². The zero-order valence-electron chi connectivity index (χ0n) is 17.0. The molecule has 0 spiro atoms. The zero-order chi connectivity index (χ0) is 22.4. The second-order valence-electron chi connectivity index (χ2n) is 7.15. The van der Waals surface area contributed by atoms with Crippen molar-refractivity contribution < 1.29 is 23.1 Å². The second kappa shape index (κ2) is 9.57. The summed E-state index contributed by atoms with van der Waals surface area (Å²) in [6.45, 7) is 1.57. The van der Waals surface area contributed by atoms with Gasteiger partial charge >= 0.3 is 5.97 Å². The van der Waals surface area contributed by atoms with Crippen LogP contribution in [-0.4, -0.2) is 36.3 Å². The number of rotatable bonds is 8. The van der Waals surface area contributed by atoms with Crippen molar-refractivity contribution in [3.8, 4) is 0 Å². The Morgan fingerprint density at radius 3 is 1.97 bits per heavy atom. The van der Waals surface area contributed by atoms with Gasteiger partial charge < -0.3 is 5.11 Å². The maximum absolute atomic E-state index is 13.3. The fourth-order valence-electron chi connectivity index (χ4n) is 3.26. The molecule has 0 radical (unpaired) electrons. The molecule has 7 heteroatoms. The molecule has 3 aromatic rings. The molecule has 1 N–H and O–H groups in total. The van der Waals surface area contributed by atoms with E-state index in [1.165, 1.54) is 24.3 Å². The van der Waals surface area contributed by atoms with Crippen LogP contribution in [0.15, 0.2) is 89.8 Å². The van der Waals surface area contributed by atoms with Gasteiger partial charge in [-0.2, -0.15) is 0 Å². The van der Waals surface area contributed by atoms with Gasteiger partial charge in [-0.3, -0.25) is 9.59 Å². The first-order valence-corrected chi connectivity index (χ1v) is 11.2. The van der Waals surface area contributed by atoms with Gasteiger partial charge in [0.05, 0.1) is 10.8 Å². The van der Waals surface area contributed by atoms with Crippen LogP contribution in [0.5, 0.6) is 0 Å². The van der Waals surface area contributed by atoms with Gasteiger partial charge in [0, 0.05) is 12.1 Å². The van der Waals surface area contributed by atoms with Crippen LogP contribution in [0.25, 0.3) is 0 Å². The lowest BCUT2D eigenvalue weighted by atomic mass is 9.96. The smallest absolute Gasteiger partial charge is 0.311 e. The monoisotopic (exact) mass is 437 g/mol. The predicted molar refractivity (Wildman–Crippen MR) is 117 cm³/mol. The van der Waals surface area contributed by atoms with Crippen LogP contribution < -0.4 is 0 Å². The summed E-state index contributed by atoms with van der Waals surface area (Å²) in [4.78, 5) is 25.0. The molecule has 1 amide bonds. The topological polar surface area (TPSA) is 91.8 Å². The summed E-state index contributed by atoms with van der Waals surface area (Å²) in [5.74, 6) is -2.72. The summed E-state index contributed by atoms with van der Waals surface area (Å²) in [7, 11) is -4.18. The number of hydrogen-bond donors (Lipinski definition) is 1. The Balaban J connectivity index is 1.96. The molecule has 160 valence electrons. The number of carboxylic acid groups (broad SMARTS) is 1. The highest BCUT2D eigenvalue weighted by molar-refractivity contribution is 7.89. The number of sulfonamides is 1. The van der Waals surface area contributed by atoms with Gasteiger partial charge in [0.2, 0.25) is 0 Å². The highest BCUT2D eigenvalue weighted by Crippen LogP contribution is 2.24. The highest BCUT2D eigenvalue weighted by Gasteiger charge is 2.32. The van der Waals surface area contributed by atoms with E-state index in [1.807, 2.05) is 6.92 Å². The average Bonchev–Trinajstić information content (AvgIpc) is 2.77. The van der Waals surface area contributed by atoms with Crippen molar-refractivity contribution >= 4 is 21.9 Å². The Morgan fingerprint density at radius 1 is 0.871 bits per heavy atom. The van der Waals surface area contributed by atoms with E-state index in [-0.39, 0.29) is 23.4 Å². The third-order valence-electron chi connectivity index (χ3n) is 4.98. The largest absolute Gasteiger partial charge is 0.481 e. The molecule has 31 heavy (non-hydrogen) atoms. The molecule has 0 aliphatic heterocycles. The van der Waals surface area contributed by atoms with Crippen LogP contribution in [0.2, 0.25) is 0 Å². The molecule has 0 aromatic heterocycles. The van der Waals surface area contributed by atoms with Crippen LogP contribution in [-0.2, 0) is 14.8 Å². The van der Waals surface area contributed by atoms with Crippen molar-refractivity contribution in [1.82, 2.24) is 4.31 Å². The molecule has 0 unspecified atom stereocenters. The lowest BCUT2D eigenvalue weighted by molar-refractivity contribution is -0.139. The quantitative estimate of drug-likeness (QED) is 0.573. The maximum atomic E-state index is 13.3. The van der Waals surface area contributed by atoms with Crippen molar-refractivity contribution in [2.24, 2.45) is 0 Å². The highest BCUT2D eigenvalue weighted by atomic mass is 32.2. The average molecular weight is 438 g/mol. The second-order valence-corrected chi connectivity index (χ2v) is 9.01. The lowest BCUT2D eigenvalue weighted by Gasteiger charge is -2.24. The van der Waals surface area contributed by atoms with Crippen LogP contribution in [0.1, 0.15) is 33.8 Å². The Morgan fingerprint density at radius 2 is 1.42 bits per heavy atom. The molecule has 3 aromatic carbocycles. The van der Waals surface area contributed by atoms with Gasteiger partial charge in [0.1, 0.15) is 0 Å². The van der Waals surface area contributed by atoms with E-state index < -0.39 is 27.8 Å². The lowest BCUT2D eigenvalue weighted by Crippen LogP contribution is -2.38. The molecular weight excluding hydrogens is 414 g/mol. The SMILES string of the molecule is Cc1ccc(S(=O)(=O)N(CC[C@H](C(=O)O)c2ccccc2)C(=O)c2ccccc2)cc1. The van der Waals surface area contributed by atoms with Crippen LogP contribution in [0.3, 0.4) is 0 Å². The molecule has 6 nitrogen and oxygen atoms in total. The van der Waals surface area contributed by atoms with E-state index in [9.17, 15) is 23.1 Å². The molecule has 0 bridgehead atoms. The Labute approximate surface area is 181 Å². The number of hydrogen-bond acceptors (Lipinski definition) is 4. The number of benzene rings is 3. The zero-order valence-corrected chi connectivity index (χ0v) is 17.8. The minimum atomic E-state index is -4.18. The molecular formula is C24H23NO5S. The molecule has 0 saturated carbocycles. The van der Waals surface area contributed by atoms with Crippen LogP contribution in [0.4, 0.5) is 0 Å². The van der Waals surface area contributed by atoms with Crippen LogP contribution in [0, 0.1) is 6.92 Å². The summed E-state index contributed by atoms with van der Waals surface area (Å²) < 4.78 is 27.4. The first kappa shape index (κ1) is 22.2. The van der Waals surface area contributed by atoms with Crippen molar-refractivity contribution in [3.63, 3.8) is 0 Å². The number of nitrogens with zero attached hydrogens (tertiary/aromatic N) is 1. The summed E-state index contributed by atoms with van der Waals surface area (Å²) in [5.41, 5.74) is 1.65. The number of amides is 1. The normalized spacial score (nSPS) is 12.2. The molecule has 0 heterocycles. The van der Waals surface area contributed by atoms with Gasteiger partial charge in [-0.1, -0.05) is 66.2 Å². The van der Waals surface area contributed by atoms with Gasteiger partial charge in [-0.15, -0.1) is 0 Å². The first-order valence-electron chi connectivity index (χ1n) is 9.77. The maximum Gasteiger partial charge on any atom is 0.311 e. The predicted octanol–water partition coefficient (Wildman–Crippen LogP) is 4.08. The Kier molecular flexibility index (Phi) is 6.87. The minimum Gasteiger partial charge on any atom is -0.481 e. The third-order valence-corrected chi connectivity index (χ3v) is 6.77. The number of aryl methyl sites for hydroxylation is 1. The fraction of sp³-hybridized carbons (Fsp3) is 0.167. The standard InChI is InChI=1S/C24H23NO5S/c1-18-12-14-21(15-13-18)31(29,30)25(23(26)20-10-6-3-7-11-20)17-16-22(24(27)28)19-8-4-2-5-9-19/h2-15,22H,16-17H2,1H3,(H,27,28)/t22-/m0/s1. The number of carbonyl (C=O) groups excluding carboxylic acids is 1. The fourth-order valence-corrected chi connectivity index (χ4v) is 4.66. The minimum absolute atomic E-state index is 0.0195. The van der Waals surface area contributed by atoms with Gasteiger partial charge in [0.25, 0.3) is 15.9 Å². The summed E-state index contributed by atoms with van der Waals surface area (Å²) >= 11 is 0. The molecule has 1 atom stereocenters. The molecule has 0 saturated heterocycles. The van der Waals surface area contributed by atoms with Crippen LogP contribution >= 0.6 is 0 Å². The molecule has 0 aliphatic carbocycles. The van der Waals surface area contributed by atoms with E-state index >= 15 is 0 Å². The van der Waals surface area contributed by atoms with Gasteiger partial charge in [0.15, 0.2) is 0 Å². The van der Waals surface area contributed by atoms with Gasteiger partial charge in [-0.25, -0.2) is 12.7 Å². The summed E-state index contributed by atoms with van der Waals surface area (Å²) in [5, 5.41) is 9.69. The first-order chi connectivity index (χ1) is 14.8. The van der Waals surface area contributed by atoms with Gasteiger partial charge in [-0.05, 0) is 43.2 Å². The van der Waals surface area contributed by atoms with E-state index in [0.29, 0.717) is 5.56 Å². The number of aliphatic carboxylic acids is 1. The third kappa shape index (κ3) is 5.19. The van der Waals surface area contributed by atoms with Crippen molar-refractivity contribution in [1.29, 1.82) is 0 Å². The molecule has 0 aliphatic rings. The van der Waals surface area contributed by atoms with E-state index in [1.54, 1.807) is 60.7 Å². The molecule has 3 rings (SSSR count). The van der Waals surface area contributed by atoms with E-state index in [4.69, 9.17) is 0 Å². The number of carbonyl (C=O) groups is 2. The van der Waals surface area contributed by atoms with Crippen molar-refractivity contribution in [3.05, 3.63) is 102 Å².